The van der Waals surface area contributed by atoms with E-state index < -0.39 is 41.6 Å². The van der Waals surface area contributed by atoms with Gasteiger partial charge in [0, 0.05) is 57.1 Å². The molecular formula is C38H53BrN4O8. The lowest BCUT2D eigenvalue weighted by Crippen LogP contribution is -2.57. The summed E-state index contributed by atoms with van der Waals surface area (Å²) in [5.74, 6) is -2.96. The maximum Gasteiger partial charge on any atom is 0.306 e. The Morgan fingerprint density at radius 2 is 1.84 bits per heavy atom. The number of amides is 3. The lowest BCUT2D eigenvalue weighted by atomic mass is 9.70. The van der Waals surface area contributed by atoms with Crippen molar-refractivity contribution in [3.63, 3.8) is 0 Å². The highest BCUT2D eigenvalue weighted by Crippen LogP contribution is 2.60. The minimum absolute atomic E-state index is 0.0772. The van der Waals surface area contributed by atoms with E-state index in [4.69, 9.17) is 14.2 Å². The Kier molecular flexibility index (Phi) is 14.3. The number of ether oxygens (including phenoxy) is 3. The summed E-state index contributed by atoms with van der Waals surface area (Å²) < 4.78 is 17.8. The van der Waals surface area contributed by atoms with Crippen molar-refractivity contribution in [3.05, 3.63) is 61.2 Å². The number of morpholine rings is 1. The van der Waals surface area contributed by atoms with E-state index in [1.54, 1.807) is 22.0 Å². The van der Waals surface area contributed by atoms with Crippen LogP contribution in [-0.2, 0) is 33.4 Å². The number of alkyl halides is 1. The second-order valence-corrected chi connectivity index (χ2v) is 15.0. The van der Waals surface area contributed by atoms with E-state index in [1.165, 1.54) is 0 Å². The molecule has 7 atom stereocenters. The molecule has 1 unspecified atom stereocenters. The third-order valence-corrected chi connectivity index (χ3v) is 11.4. The highest BCUT2D eigenvalue weighted by atomic mass is 79.9. The summed E-state index contributed by atoms with van der Waals surface area (Å²) in [5.41, 5.74) is -0.440. The van der Waals surface area contributed by atoms with Gasteiger partial charge in [-0.1, -0.05) is 71.3 Å². The number of rotatable bonds is 20. The number of carbonyl (C=O) groups excluding carboxylic acids is 4. The van der Waals surface area contributed by atoms with Gasteiger partial charge in [0.1, 0.15) is 18.2 Å². The Morgan fingerprint density at radius 1 is 1.10 bits per heavy atom. The van der Waals surface area contributed by atoms with Crippen LogP contribution in [0.25, 0.3) is 0 Å². The Hall–Kier alpha value is -3.10. The number of nitrogens with one attached hydrogen (secondary N) is 1. The lowest BCUT2D eigenvalue weighted by molar-refractivity contribution is -0.148. The third kappa shape index (κ3) is 8.93. The molecule has 2 bridgehead atoms. The molecule has 1 aromatic carbocycles. The molecule has 2 N–H and O–H groups in total. The predicted molar refractivity (Wildman–Crippen MR) is 195 cm³/mol. The zero-order valence-corrected chi connectivity index (χ0v) is 31.1. The second-order valence-electron chi connectivity index (χ2n) is 13.8. The number of hydrogen-bond donors (Lipinski definition) is 2. The summed E-state index contributed by atoms with van der Waals surface area (Å²) in [6.45, 7) is 12.2. The zero-order valence-electron chi connectivity index (χ0n) is 29.5. The van der Waals surface area contributed by atoms with E-state index in [1.807, 2.05) is 30.3 Å². The van der Waals surface area contributed by atoms with Crippen molar-refractivity contribution in [2.75, 3.05) is 65.7 Å². The number of fused-ring (bicyclic) bond motifs is 1. The standard InChI is InChI=1S/C38H53BrN4O8/c1-3-5-15-30(45)50-26-29(27-13-9-8-10-14-27)40-35(46)31-32-36(47)43(17-11-6-7-12-22-44)34(38(32)25-28(39)33(31)51-38)37(48)42(16-4-2)19-18-41-20-23-49-24-21-41/h3-4,8-10,13-14,28-29,31-34,44H,1-2,5-7,11-12,15-26H2,(H,40,46)/t28?,29-,31+,32-,33+,34+,38-/m1/s1. The molecule has 4 aliphatic rings. The number of aliphatic hydroxyl groups is 1. The van der Waals surface area contributed by atoms with E-state index >= 15 is 0 Å². The second kappa shape index (κ2) is 18.6. The molecule has 1 spiro atoms. The smallest absolute Gasteiger partial charge is 0.306 e. The maximum atomic E-state index is 14.8. The molecule has 280 valence electrons. The minimum atomic E-state index is -1.20. The molecule has 4 fully saturated rings. The molecule has 13 heteroatoms. The van der Waals surface area contributed by atoms with Crippen LogP contribution >= 0.6 is 15.9 Å². The zero-order chi connectivity index (χ0) is 36.4. The van der Waals surface area contributed by atoms with Crippen LogP contribution in [0.15, 0.2) is 55.6 Å². The molecule has 0 saturated carbocycles. The SMILES string of the molecule is C=CCCC(=O)OC[C@@H](NC(=O)[C@@H]1[C@H]2O[C@@]3(CC2Br)[C@H](C(=O)N(CC=C)CCN2CCOCC2)N(CCCCCCO)C(=O)[C@@H]13)c1ccccc1. The molecular weight excluding hydrogens is 720 g/mol. The van der Waals surface area contributed by atoms with Crippen molar-refractivity contribution in [1.29, 1.82) is 0 Å². The number of carbonyl (C=O) groups is 4. The van der Waals surface area contributed by atoms with Crippen LogP contribution < -0.4 is 5.32 Å². The van der Waals surface area contributed by atoms with Crippen LogP contribution in [0, 0.1) is 11.8 Å². The van der Waals surface area contributed by atoms with Crippen molar-refractivity contribution < 1.29 is 38.5 Å². The Bertz CT molecular complexity index is 1380. The van der Waals surface area contributed by atoms with Gasteiger partial charge in [-0.05, 0) is 31.2 Å². The largest absolute Gasteiger partial charge is 0.463 e. The van der Waals surface area contributed by atoms with Gasteiger partial charge in [0.2, 0.25) is 17.7 Å². The number of aliphatic hydroxyl groups excluding tert-OH is 1. The number of benzene rings is 1. The maximum absolute atomic E-state index is 14.8. The van der Waals surface area contributed by atoms with Gasteiger partial charge in [0.05, 0.1) is 37.2 Å². The highest BCUT2D eigenvalue weighted by molar-refractivity contribution is 9.09. The van der Waals surface area contributed by atoms with E-state index in [0.717, 1.165) is 31.5 Å². The van der Waals surface area contributed by atoms with Gasteiger partial charge >= 0.3 is 5.97 Å². The van der Waals surface area contributed by atoms with Crippen LogP contribution in [0.2, 0.25) is 0 Å². The molecule has 0 radical (unpaired) electrons. The topological polar surface area (TPSA) is 138 Å². The molecule has 51 heavy (non-hydrogen) atoms. The van der Waals surface area contributed by atoms with Crippen LogP contribution in [0.1, 0.15) is 56.6 Å². The summed E-state index contributed by atoms with van der Waals surface area (Å²) >= 11 is 3.77. The fourth-order valence-electron chi connectivity index (χ4n) is 8.05. The van der Waals surface area contributed by atoms with E-state index in [-0.39, 0.29) is 42.2 Å². The number of unbranched alkanes of at least 4 members (excludes halogenated alkanes) is 3. The van der Waals surface area contributed by atoms with Crippen LogP contribution in [-0.4, -0.2) is 132 Å². The third-order valence-electron chi connectivity index (χ3n) is 10.6. The first-order chi connectivity index (χ1) is 24.7. The molecule has 0 aromatic heterocycles. The van der Waals surface area contributed by atoms with Gasteiger partial charge in [-0.25, -0.2) is 0 Å². The lowest BCUT2D eigenvalue weighted by Gasteiger charge is -2.38. The summed E-state index contributed by atoms with van der Waals surface area (Å²) in [6, 6.07) is 7.71. The summed E-state index contributed by atoms with van der Waals surface area (Å²) in [6.07, 6.45) is 6.70. The fourth-order valence-corrected chi connectivity index (χ4v) is 8.99. The fraction of sp³-hybridized carbons (Fsp3) is 0.632. The average molecular weight is 774 g/mol. The molecule has 1 aromatic rings. The number of halogens is 1. The van der Waals surface area contributed by atoms with Gasteiger partial charge in [-0.3, -0.25) is 24.1 Å². The van der Waals surface area contributed by atoms with Crippen molar-refractivity contribution in [2.24, 2.45) is 11.8 Å². The van der Waals surface area contributed by atoms with E-state index in [2.05, 4.69) is 39.3 Å². The quantitative estimate of drug-likeness (QED) is 0.0888. The van der Waals surface area contributed by atoms with Crippen LogP contribution in [0.4, 0.5) is 0 Å². The van der Waals surface area contributed by atoms with Crippen molar-refractivity contribution in [2.45, 2.75) is 73.6 Å². The number of hydrogen-bond acceptors (Lipinski definition) is 9. The Morgan fingerprint density at radius 3 is 2.55 bits per heavy atom. The van der Waals surface area contributed by atoms with Crippen molar-refractivity contribution >= 4 is 39.6 Å². The van der Waals surface area contributed by atoms with Gasteiger partial charge < -0.3 is 34.4 Å². The van der Waals surface area contributed by atoms with E-state index in [0.29, 0.717) is 65.1 Å². The average Bonchev–Trinajstić information content (AvgIpc) is 3.74. The minimum Gasteiger partial charge on any atom is -0.463 e. The van der Waals surface area contributed by atoms with Crippen LogP contribution in [0.3, 0.4) is 0 Å². The summed E-state index contributed by atoms with van der Waals surface area (Å²) in [4.78, 5) is 61.6. The summed E-state index contributed by atoms with van der Waals surface area (Å²) in [5, 5.41) is 12.4. The molecule has 5 rings (SSSR count). The van der Waals surface area contributed by atoms with Gasteiger partial charge in [-0.2, -0.15) is 0 Å². The first-order valence-electron chi connectivity index (χ1n) is 18.3. The first-order valence-corrected chi connectivity index (χ1v) is 19.2. The monoisotopic (exact) mass is 772 g/mol. The van der Waals surface area contributed by atoms with Crippen molar-refractivity contribution in [3.8, 4) is 0 Å². The predicted octanol–water partition coefficient (Wildman–Crippen LogP) is 3.00. The van der Waals surface area contributed by atoms with E-state index in [9.17, 15) is 24.3 Å². The molecule has 4 saturated heterocycles. The summed E-state index contributed by atoms with van der Waals surface area (Å²) in [7, 11) is 0. The molecule has 4 heterocycles. The Labute approximate surface area is 309 Å². The molecule has 12 nitrogen and oxygen atoms in total. The number of esters is 1. The highest BCUT2D eigenvalue weighted by Gasteiger charge is 2.76. The molecule has 0 aliphatic carbocycles. The Balaban J connectivity index is 1.41. The normalized spacial score (nSPS) is 27.5. The van der Waals surface area contributed by atoms with Crippen LogP contribution in [0.5, 0.6) is 0 Å². The number of likely N-dealkylation sites (tertiary alicyclic amines) is 1. The van der Waals surface area contributed by atoms with Crippen molar-refractivity contribution in [1.82, 2.24) is 20.0 Å². The number of allylic oxidation sites excluding steroid dienone is 1. The van der Waals surface area contributed by atoms with Gasteiger partial charge in [0.25, 0.3) is 0 Å². The number of nitrogens with zero attached hydrogens (tertiary/aromatic N) is 3. The molecule has 4 aliphatic heterocycles. The first kappa shape index (κ1) is 39.1. The van der Waals surface area contributed by atoms with Gasteiger partial charge in [0.15, 0.2) is 0 Å². The molecule has 3 amide bonds. The van der Waals surface area contributed by atoms with Gasteiger partial charge in [-0.15, -0.1) is 13.2 Å².